The summed E-state index contributed by atoms with van der Waals surface area (Å²) in [4.78, 5) is 15.7. The van der Waals surface area contributed by atoms with Crippen LogP contribution in [0.4, 0.5) is 4.39 Å². The Bertz CT molecular complexity index is 551. The maximum atomic E-state index is 12.9. The average Bonchev–Trinajstić information content (AvgIpc) is 2.73. The summed E-state index contributed by atoms with van der Waals surface area (Å²) in [5.41, 5.74) is 1.31. The van der Waals surface area contributed by atoms with E-state index in [1.807, 2.05) is 0 Å². The van der Waals surface area contributed by atoms with Crippen LogP contribution in [0.3, 0.4) is 0 Å². The van der Waals surface area contributed by atoms with Crippen LogP contribution in [0.1, 0.15) is 17.1 Å². The van der Waals surface area contributed by atoms with E-state index >= 15 is 0 Å². The number of aromatic nitrogens is 1. The molecule has 0 fully saturated rings. The average molecular weight is 248 g/mol. The van der Waals surface area contributed by atoms with E-state index in [4.69, 9.17) is 4.42 Å². The van der Waals surface area contributed by atoms with Crippen molar-refractivity contribution >= 4 is 5.91 Å². The summed E-state index contributed by atoms with van der Waals surface area (Å²) in [5.74, 6) is 0.0399. The van der Waals surface area contributed by atoms with Crippen molar-refractivity contribution < 1.29 is 13.6 Å². The monoisotopic (exact) mass is 248 g/mol. The Labute approximate surface area is 104 Å². The van der Waals surface area contributed by atoms with Crippen LogP contribution in [-0.4, -0.2) is 10.9 Å². The molecule has 1 aromatic carbocycles. The van der Waals surface area contributed by atoms with Gasteiger partial charge < -0.3 is 9.73 Å². The summed E-state index contributed by atoms with van der Waals surface area (Å²) < 4.78 is 17.9. The summed E-state index contributed by atoms with van der Waals surface area (Å²) >= 11 is 0. The first kappa shape index (κ1) is 12.3. The molecule has 1 amide bonds. The third-order valence-electron chi connectivity index (χ3n) is 2.39. The predicted octanol–water partition coefficient (Wildman–Crippen LogP) is 1.98. The van der Waals surface area contributed by atoms with Gasteiger partial charge in [0.2, 0.25) is 5.91 Å². The number of oxazole rings is 1. The lowest BCUT2D eigenvalue weighted by molar-refractivity contribution is -0.120. The molecule has 2 aromatic rings. The van der Waals surface area contributed by atoms with Crippen molar-refractivity contribution in [1.29, 1.82) is 0 Å². The Morgan fingerprint density at radius 2 is 2.33 bits per heavy atom. The molecule has 1 aromatic heterocycles. The van der Waals surface area contributed by atoms with Crippen LogP contribution in [0.5, 0.6) is 0 Å². The fourth-order valence-electron chi connectivity index (χ4n) is 1.57. The van der Waals surface area contributed by atoms with Crippen LogP contribution < -0.4 is 5.32 Å². The molecule has 0 saturated heterocycles. The molecule has 94 valence electrons. The minimum atomic E-state index is -0.340. The van der Waals surface area contributed by atoms with Crippen LogP contribution in [0.25, 0.3) is 0 Å². The van der Waals surface area contributed by atoms with Gasteiger partial charge in [-0.25, -0.2) is 9.37 Å². The van der Waals surface area contributed by atoms with Crippen molar-refractivity contribution in [3.8, 4) is 0 Å². The van der Waals surface area contributed by atoms with Crippen LogP contribution in [0, 0.1) is 12.7 Å². The molecule has 5 heteroatoms. The fraction of sp³-hybridized carbons (Fsp3) is 0.231. The molecule has 0 aliphatic carbocycles. The number of amides is 1. The SMILES string of the molecule is Cc1nc(CNC(=O)Cc2cccc(F)c2)co1. The largest absolute Gasteiger partial charge is 0.449 e. The van der Waals surface area contributed by atoms with Gasteiger partial charge in [0.15, 0.2) is 5.89 Å². The number of hydrogen-bond acceptors (Lipinski definition) is 3. The first-order valence-electron chi connectivity index (χ1n) is 5.55. The number of aryl methyl sites for hydroxylation is 1. The number of rotatable bonds is 4. The first-order chi connectivity index (χ1) is 8.63. The second-order valence-electron chi connectivity index (χ2n) is 3.94. The number of hydrogen-bond donors (Lipinski definition) is 1. The van der Waals surface area contributed by atoms with Gasteiger partial charge in [-0.2, -0.15) is 0 Å². The van der Waals surface area contributed by atoms with Crippen molar-refractivity contribution in [2.75, 3.05) is 0 Å². The van der Waals surface area contributed by atoms with Gasteiger partial charge in [0, 0.05) is 6.92 Å². The summed E-state index contributed by atoms with van der Waals surface area (Å²) in [6.07, 6.45) is 1.65. The van der Waals surface area contributed by atoms with Gasteiger partial charge in [-0.15, -0.1) is 0 Å². The minimum absolute atomic E-state index is 0.147. The molecule has 0 radical (unpaired) electrons. The normalized spacial score (nSPS) is 10.3. The quantitative estimate of drug-likeness (QED) is 0.900. The maximum absolute atomic E-state index is 12.9. The minimum Gasteiger partial charge on any atom is -0.449 e. The van der Waals surface area contributed by atoms with Crippen molar-refractivity contribution in [1.82, 2.24) is 10.3 Å². The Balaban J connectivity index is 1.85. The van der Waals surface area contributed by atoms with Gasteiger partial charge in [0.25, 0.3) is 0 Å². The van der Waals surface area contributed by atoms with Gasteiger partial charge in [-0.3, -0.25) is 4.79 Å². The molecular weight excluding hydrogens is 235 g/mol. The molecule has 0 saturated carbocycles. The standard InChI is InChI=1S/C13H13FN2O2/c1-9-16-12(8-18-9)7-15-13(17)6-10-3-2-4-11(14)5-10/h2-5,8H,6-7H2,1H3,(H,15,17). The summed E-state index contributed by atoms with van der Waals surface area (Å²) in [6.45, 7) is 2.05. The number of nitrogens with zero attached hydrogens (tertiary/aromatic N) is 1. The second-order valence-corrected chi connectivity index (χ2v) is 3.94. The Morgan fingerprint density at radius 3 is 3.00 bits per heavy atom. The number of carbonyl (C=O) groups excluding carboxylic acids is 1. The van der Waals surface area contributed by atoms with E-state index in [-0.39, 0.29) is 18.1 Å². The Kier molecular flexibility index (Phi) is 3.72. The summed E-state index contributed by atoms with van der Waals surface area (Å²) in [6, 6.07) is 5.99. The molecule has 0 unspecified atom stereocenters. The van der Waals surface area contributed by atoms with E-state index in [2.05, 4.69) is 10.3 Å². The molecule has 0 spiro atoms. The third kappa shape index (κ3) is 3.41. The third-order valence-corrected chi connectivity index (χ3v) is 2.39. The van der Waals surface area contributed by atoms with Gasteiger partial charge in [0.05, 0.1) is 18.7 Å². The zero-order valence-electron chi connectivity index (χ0n) is 9.94. The highest BCUT2D eigenvalue weighted by Crippen LogP contribution is 2.04. The Hall–Kier alpha value is -2.17. The van der Waals surface area contributed by atoms with E-state index in [1.54, 1.807) is 19.1 Å². The van der Waals surface area contributed by atoms with Crippen molar-refractivity contribution in [2.24, 2.45) is 0 Å². The fourth-order valence-corrected chi connectivity index (χ4v) is 1.57. The van der Waals surface area contributed by atoms with Gasteiger partial charge in [-0.1, -0.05) is 12.1 Å². The highest BCUT2D eigenvalue weighted by atomic mass is 19.1. The Morgan fingerprint density at radius 1 is 1.50 bits per heavy atom. The molecule has 18 heavy (non-hydrogen) atoms. The molecule has 0 atom stereocenters. The van der Waals surface area contributed by atoms with Crippen LogP contribution in [-0.2, 0) is 17.8 Å². The number of carbonyl (C=O) groups is 1. The zero-order valence-corrected chi connectivity index (χ0v) is 9.94. The lowest BCUT2D eigenvalue weighted by Crippen LogP contribution is -2.24. The molecule has 4 nitrogen and oxygen atoms in total. The lowest BCUT2D eigenvalue weighted by atomic mass is 10.1. The topological polar surface area (TPSA) is 55.1 Å². The van der Waals surface area contributed by atoms with Crippen LogP contribution in [0.2, 0.25) is 0 Å². The van der Waals surface area contributed by atoms with Gasteiger partial charge in [0.1, 0.15) is 12.1 Å². The molecule has 1 N–H and O–H groups in total. The van der Waals surface area contributed by atoms with E-state index in [9.17, 15) is 9.18 Å². The van der Waals surface area contributed by atoms with E-state index in [0.29, 0.717) is 23.7 Å². The van der Waals surface area contributed by atoms with E-state index in [0.717, 1.165) is 0 Å². The second kappa shape index (κ2) is 5.44. The zero-order chi connectivity index (χ0) is 13.0. The highest BCUT2D eigenvalue weighted by Gasteiger charge is 2.05. The van der Waals surface area contributed by atoms with E-state index < -0.39 is 0 Å². The first-order valence-corrected chi connectivity index (χ1v) is 5.55. The summed E-state index contributed by atoms with van der Waals surface area (Å²) in [5, 5.41) is 2.70. The lowest BCUT2D eigenvalue weighted by Gasteiger charge is -2.03. The van der Waals surface area contributed by atoms with Gasteiger partial charge in [-0.05, 0) is 17.7 Å². The molecule has 1 heterocycles. The van der Waals surface area contributed by atoms with Crippen molar-refractivity contribution in [3.63, 3.8) is 0 Å². The number of benzene rings is 1. The van der Waals surface area contributed by atoms with Crippen LogP contribution in [0.15, 0.2) is 34.9 Å². The number of nitrogens with one attached hydrogen (secondary N) is 1. The molecule has 0 aliphatic rings. The molecular formula is C13H13FN2O2. The summed E-state index contributed by atoms with van der Waals surface area (Å²) in [7, 11) is 0. The molecule has 2 rings (SSSR count). The van der Waals surface area contributed by atoms with Crippen molar-refractivity contribution in [2.45, 2.75) is 19.9 Å². The number of halogens is 1. The molecule has 0 aliphatic heterocycles. The van der Waals surface area contributed by atoms with Crippen molar-refractivity contribution in [3.05, 3.63) is 53.5 Å². The van der Waals surface area contributed by atoms with Gasteiger partial charge >= 0.3 is 0 Å². The van der Waals surface area contributed by atoms with E-state index in [1.165, 1.54) is 18.4 Å². The molecule has 0 bridgehead atoms. The highest BCUT2D eigenvalue weighted by molar-refractivity contribution is 5.78. The maximum Gasteiger partial charge on any atom is 0.224 e. The predicted molar refractivity (Wildman–Crippen MR) is 63.2 cm³/mol. The van der Waals surface area contributed by atoms with Crippen LogP contribution >= 0.6 is 0 Å². The smallest absolute Gasteiger partial charge is 0.224 e.